The zero-order valence-corrected chi connectivity index (χ0v) is 19.8. The van der Waals surface area contributed by atoms with E-state index in [1.54, 1.807) is 30.3 Å². The molecule has 3 aromatic carbocycles. The fourth-order valence-corrected chi connectivity index (χ4v) is 3.66. The summed E-state index contributed by atoms with van der Waals surface area (Å²) in [6.07, 6.45) is 1.45. The molecule has 178 valence electrons. The van der Waals surface area contributed by atoms with Crippen molar-refractivity contribution in [2.24, 2.45) is 0 Å². The highest BCUT2D eigenvalue weighted by molar-refractivity contribution is 6.39. The van der Waals surface area contributed by atoms with Crippen LogP contribution in [-0.4, -0.2) is 24.5 Å². The van der Waals surface area contributed by atoms with Gasteiger partial charge in [-0.25, -0.2) is 9.69 Å². The Labute approximate surface area is 204 Å². The molecule has 1 saturated heterocycles. The van der Waals surface area contributed by atoms with Crippen LogP contribution in [0.4, 0.5) is 10.5 Å². The van der Waals surface area contributed by atoms with Gasteiger partial charge in [0.15, 0.2) is 11.5 Å². The summed E-state index contributed by atoms with van der Waals surface area (Å²) >= 11 is 0. The number of nitrogens with zero attached hydrogens (tertiary/aromatic N) is 1. The highest BCUT2D eigenvalue weighted by atomic mass is 16.5. The lowest BCUT2D eigenvalue weighted by molar-refractivity contribution is -0.122. The highest BCUT2D eigenvalue weighted by Crippen LogP contribution is 2.31. The fourth-order valence-electron chi connectivity index (χ4n) is 3.66. The Bertz CT molecular complexity index is 1310. The van der Waals surface area contributed by atoms with E-state index in [9.17, 15) is 14.4 Å². The van der Waals surface area contributed by atoms with Gasteiger partial charge in [0.05, 0.1) is 12.3 Å². The zero-order chi connectivity index (χ0) is 24.9. The van der Waals surface area contributed by atoms with Crippen molar-refractivity contribution in [1.82, 2.24) is 5.32 Å². The third-order valence-electron chi connectivity index (χ3n) is 5.67. The molecule has 1 fully saturated rings. The van der Waals surface area contributed by atoms with Crippen LogP contribution < -0.4 is 19.7 Å². The number of aryl methyl sites for hydroxylation is 2. The van der Waals surface area contributed by atoms with Gasteiger partial charge in [-0.05, 0) is 73.4 Å². The molecule has 0 aromatic heterocycles. The van der Waals surface area contributed by atoms with Crippen LogP contribution in [0.15, 0.2) is 72.3 Å². The molecule has 35 heavy (non-hydrogen) atoms. The predicted molar refractivity (Wildman–Crippen MR) is 133 cm³/mol. The maximum atomic E-state index is 13.2. The van der Waals surface area contributed by atoms with Gasteiger partial charge in [0.25, 0.3) is 11.8 Å². The molecule has 1 aliphatic rings. The molecule has 0 saturated carbocycles. The molecule has 1 N–H and O–H groups in total. The third-order valence-corrected chi connectivity index (χ3v) is 5.67. The average molecular weight is 471 g/mol. The van der Waals surface area contributed by atoms with Gasteiger partial charge in [-0.15, -0.1) is 0 Å². The van der Waals surface area contributed by atoms with E-state index in [4.69, 9.17) is 9.47 Å². The minimum Gasteiger partial charge on any atom is -0.490 e. The molecule has 0 bridgehead atoms. The summed E-state index contributed by atoms with van der Waals surface area (Å²) in [5.74, 6) is -0.403. The number of carbonyl (C=O) groups excluding carboxylic acids is 3. The average Bonchev–Trinajstić information content (AvgIpc) is 2.84. The van der Waals surface area contributed by atoms with E-state index < -0.39 is 17.8 Å². The van der Waals surface area contributed by atoms with Gasteiger partial charge >= 0.3 is 6.03 Å². The van der Waals surface area contributed by atoms with Gasteiger partial charge in [0, 0.05) is 0 Å². The van der Waals surface area contributed by atoms with E-state index in [0.29, 0.717) is 36.0 Å². The van der Waals surface area contributed by atoms with Crippen LogP contribution in [0, 0.1) is 13.8 Å². The summed E-state index contributed by atoms with van der Waals surface area (Å²) in [5, 5.41) is 2.26. The van der Waals surface area contributed by atoms with Crippen LogP contribution in [-0.2, 0) is 16.2 Å². The molecule has 3 aromatic rings. The molecule has 0 unspecified atom stereocenters. The number of imide groups is 2. The lowest BCUT2D eigenvalue weighted by Crippen LogP contribution is -2.54. The summed E-state index contributed by atoms with van der Waals surface area (Å²) in [6.45, 7) is 6.47. The zero-order valence-electron chi connectivity index (χ0n) is 19.8. The SMILES string of the molecule is CCOc1cc(/C=C2\C(=O)NC(=O)N(c3ccc(C)c(C)c3)C2=O)ccc1OCc1ccccc1. The summed E-state index contributed by atoms with van der Waals surface area (Å²) < 4.78 is 11.7. The van der Waals surface area contributed by atoms with E-state index in [0.717, 1.165) is 21.6 Å². The van der Waals surface area contributed by atoms with Gasteiger partial charge in [-0.2, -0.15) is 0 Å². The molecule has 0 radical (unpaired) electrons. The quantitative estimate of drug-likeness (QED) is 0.390. The maximum Gasteiger partial charge on any atom is 0.335 e. The van der Waals surface area contributed by atoms with Gasteiger partial charge in [0.1, 0.15) is 12.2 Å². The van der Waals surface area contributed by atoms with Gasteiger partial charge < -0.3 is 9.47 Å². The van der Waals surface area contributed by atoms with Crippen molar-refractivity contribution in [3.8, 4) is 11.5 Å². The van der Waals surface area contributed by atoms with Crippen LogP contribution in [0.5, 0.6) is 11.5 Å². The van der Waals surface area contributed by atoms with Crippen molar-refractivity contribution >= 4 is 29.6 Å². The highest BCUT2D eigenvalue weighted by Gasteiger charge is 2.37. The summed E-state index contributed by atoms with van der Waals surface area (Å²) in [5.41, 5.74) is 3.79. The smallest absolute Gasteiger partial charge is 0.335 e. The van der Waals surface area contributed by atoms with E-state index in [1.165, 1.54) is 6.08 Å². The molecule has 7 nitrogen and oxygen atoms in total. The molecule has 0 aliphatic carbocycles. The first-order valence-electron chi connectivity index (χ1n) is 11.3. The number of ether oxygens (including phenoxy) is 2. The Balaban J connectivity index is 1.62. The number of hydrogen-bond donors (Lipinski definition) is 1. The van der Waals surface area contributed by atoms with Crippen LogP contribution in [0.1, 0.15) is 29.2 Å². The Morgan fingerprint density at radius 3 is 2.34 bits per heavy atom. The molecule has 0 atom stereocenters. The lowest BCUT2D eigenvalue weighted by atomic mass is 10.0. The second kappa shape index (κ2) is 10.3. The van der Waals surface area contributed by atoms with Gasteiger partial charge in [0.2, 0.25) is 0 Å². The number of anilines is 1. The molecule has 1 heterocycles. The van der Waals surface area contributed by atoms with Crippen LogP contribution in [0.2, 0.25) is 0 Å². The molecular weight excluding hydrogens is 444 g/mol. The van der Waals surface area contributed by atoms with Crippen LogP contribution in [0.3, 0.4) is 0 Å². The first-order chi connectivity index (χ1) is 16.9. The Morgan fingerprint density at radius 1 is 0.857 bits per heavy atom. The number of hydrogen-bond acceptors (Lipinski definition) is 5. The summed E-state index contributed by atoms with van der Waals surface area (Å²) in [7, 11) is 0. The molecule has 0 spiro atoms. The number of benzene rings is 3. The third kappa shape index (κ3) is 5.24. The first-order valence-corrected chi connectivity index (χ1v) is 11.3. The standard InChI is InChI=1S/C28H26N2O5/c1-4-34-25-16-21(11-13-24(25)35-17-20-8-6-5-7-9-20)15-23-26(31)29-28(33)30(27(23)32)22-12-10-18(2)19(3)14-22/h5-16H,4,17H2,1-3H3,(H,29,31,33)/b23-15+. The lowest BCUT2D eigenvalue weighted by Gasteiger charge is -2.27. The number of carbonyl (C=O) groups is 3. The minimum absolute atomic E-state index is 0.150. The Hall–Kier alpha value is -4.39. The van der Waals surface area contributed by atoms with Gasteiger partial charge in [-0.3, -0.25) is 14.9 Å². The second-order valence-corrected chi connectivity index (χ2v) is 8.14. The number of barbiturate groups is 1. The van der Waals surface area contributed by atoms with Crippen molar-refractivity contribution < 1.29 is 23.9 Å². The van der Waals surface area contributed by atoms with Crippen LogP contribution in [0.25, 0.3) is 6.08 Å². The Kier molecular flexibility index (Phi) is 6.96. The molecule has 7 heteroatoms. The first kappa shape index (κ1) is 23.8. The normalized spacial score (nSPS) is 14.8. The minimum atomic E-state index is -0.778. The van der Waals surface area contributed by atoms with E-state index in [2.05, 4.69) is 5.32 Å². The Morgan fingerprint density at radius 2 is 1.63 bits per heavy atom. The topological polar surface area (TPSA) is 84.9 Å². The fraction of sp³-hybridized carbons (Fsp3) is 0.179. The monoisotopic (exact) mass is 470 g/mol. The second-order valence-electron chi connectivity index (χ2n) is 8.14. The molecule has 4 rings (SSSR count). The molecule has 4 amide bonds. The van der Waals surface area contributed by atoms with E-state index in [1.807, 2.05) is 57.2 Å². The number of urea groups is 1. The summed E-state index contributed by atoms with van der Waals surface area (Å²) in [6, 6.07) is 19.4. The van der Waals surface area contributed by atoms with Crippen molar-refractivity contribution in [1.29, 1.82) is 0 Å². The number of amides is 4. The predicted octanol–water partition coefficient (Wildman–Crippen LogP) is 4.95. The largest absolute Gasteiger partial charge is 0.490 e. The number of nitrogens with one attached hydrogen (secondary N) is 1. The maximum absolute atomic E-state index is 13.2. The van der Waals surface area contributed by atoms with E-state index >= 15 is 0 Å². The van der Waals surface area contributed by atoms with Gasteiger partial charge in [-0.1, -0.05) is 42.5 Å². The number of rotatable bonds is 7. The molecular formula is C28H26N2O5. The molecule has 1 aliphatic heterocycles. The van der Waals surface area contributed by atoms with E-state index in [-0.39, 0.29) is 5.57 Å². The van der Waals surface area contributed by atoms with Crippen molar-refractivity contribution in [3.63, 3.8) is 0 Å². The summed E-state index contributed by atoms with van der Waals surface area (Å²) in [4.78, 5) is 39.2. The van der Waals surface area contributed by atoms with Crippen molar-refractivity contribution in [2.75, 3.05) is 11.5 Å². The van der Waals surface area contributed by atoms with Crippen molar-refractivity contribution in [2.45, 2.75) is 27.4 Å². The van der Waals surface area contributed by atoms with Crippen molar-refractivity contribution in [3.05, 3.63) is 94.6 Å². The van der Waals surface area contributed by atoms with Crippen LogP contribution >= 0.6 is 0 Å².